The quantitative estimate of drug-likeness (QED) is 0.847. The smallest absolute Gasteiger partial charge is 0.342 e. The van der Waals surface area contributed by atoms with Gasteiger partial charge in [-0.15, -0.1) is 0 Å². The first-order valence-electron chi connectivity index (χ1n) is 5.09. The number of methoxy groups -OCH3 is 1. The van der Waals surface area contributed by atoms with Gasteiger partial charge in [-0.1, -0.05) is 18.2 Å². The molecule has 0 saturated carbocycles. The lowest BCUT2D eigenvalue weighted by Crippen LogP contribution is -2.20. The summed E-state index contributed by atoms with van der Waals surface area (Å²) in [6.45, 7) is 0. The van der Waals surface area contributed by atoms with E-state index in [1.165, 1.54) is 13.3 Å². The predicted octanol–water partition coefficient (Wildman–Crippen LogP) is 1.14. The molecule has 0 amide bonds. The lowest BCUT2D eigenvalue weighted by atomic mass is 10.0. The van der Waals surface area contributed by atoms with Crippen LogP contribution in [0.15, 0.2) is 35.3 Å². The first-order valence-corrected chi connectivity index (χ1v) is 5.09. The Morgan fingerprint density at radius 3 is 2.72 bits per heavy atom. The Kier molecular flexibility index (Phi) is 3.09. The van der Waals surface area contributed by atoms with Crippen LogP contribution in [0.1, 0.15) is 10.4 Å². The SMILES string of the molecule is COc1ccccc1-c1cn[nH]c(=O)c1C(=O)O. The highest BCUT2D eigenvalue weighted by molar-refractivity contribution is 5.96. The summed E-state index contributed by atoms with van der Waals surface area (Å²) in [5, 5.41) is 14.8. The fourth-order valence-electron chi connectivity index (χ4n) is 1.68. The first kappa shape index (κ1) is 11.8. The molecular formula is C12H10N2O4. The molecule has 6 nitrogen and oxygen atoms in total. The Labute approximate surface area is 102 Å². The molecule has 0 aliphatic rings. The second kappa shape index (κ2) is 4.70. The average molecular weight is 246 g/mol. The molecule has 2 N–H and O–H groups in total. The van der Waals surface area contributed by atoms with Crippen molar-refractivity contribution in [3.05, 3.63) is 46.4 Å². The van der Waals surface area contributed by atoms with Crippen LogP contribution in [0.3, 0.4) is 0 Å². The van der Waals surface area contributed by atoms with Crippen molar-refractivity contribution in [1.82, 2.24) is 10.2 Å². The van der Waals surface area contributed by atoms with E-state index in [0.717, 1.165) is 0 Å². The zero-order valence-electron chi connectivity index (χ0n) is 9.51. The second-order valence-corrected chi connectivity index (χ2v) is 3.49. The zero-order chi connectivity index (χ0) is 13.1. The molecule has 92 valence electrons. The van der Waals surface area contributed by atoms with E-state index in [1.807, 2.05) is 0 Å². The monoisotopic (exact) mass is 246 g/mol. The Morgan fingerprint density at radius 1 is 1.33 bits per heavy atom. The first-order chi connectivity index (χ1) is 8.65. The Hall–Kier alpha value is -2.63. The number of aromatic nitrogens is 2. The number of aromatic carboxylic acids is 1. The van der Waals surface area contributed by atoms with Crippen LogP contribution >= 0.6 is 0 Å². The highest BCUT2D eigenvalue weighted by atomic mass is 16.5. The van der Waals surface area contributed by atoms with Gasteiger partial charge < -0.3 is 9.84 Å². The van der Waals surface area contributed by atoms with Gasteiger partial charge in [-0.25, -0.2) is 9.89 Å². The molecule has 0 fully saturated rings. The van der Waals surface area contributed by atoms with Gasteiger partial charge >= 0.3 is 5.97 Å². The Bertz CT molecular complexity index is 649. The van der Waals surface area contributed by atoms with Gasteiger partial charge in [-0.3, -0.25) is 4.79 Å². The van der Waals surface area contributed by atoms with Gasteiger partial charge in [0.25, 0.3) is 5.56 Å². The molecule has 18 heavy (non-hydrogen) atoms. The second-order valence-electron chi connectivity index (χ2n) is 3.49. The molecule has 0 unspecified atom stereocenters. The number of ether oxygens (including phenoxy) is 1. The summed E-state index contributed by atoms with van der Waals surface area (Å²) in [5.74, 6) is -0.827. The van der Waals surface area contributed by atoms with Crippen LogP contribution in [0.25, 0.3) is 11.1 Å². The third-order valence-electron chi connectivity index (χ3n) is 2.47. The van der Waals surface area contributed by atoms with Gasteiger partial charge in [0, 0.05) is 11.1 Å². The maximum Gasteiger partial charge on any atom is 0.342 e. The normalized spacial score (nSPS) is 10.1. The lowest BCUT2D eigenvalue weighted by molar-refractivity contribution is 0.0695. The minimum absolute atomic E-state index is 0.226. The molecule has 0 aliphatic heterocycles. The van der Waals surface area contributed by atoms with Crippen molar-refractivity contribution in [3.8, 4) is 16.9 Å². The molecule has 0 saturated heterocycles. The highest BCUT2D eigenvalue weighted by Gasteiger charge is 2.18. The van der Waals surface area contributed by atoms with Crippen LogP contribution in [0.5, 0.6) is 5.75 Å². The number of para-hydroxylation sites is 1. The summed E-state index contributed by atoms with van der Waals surface area (Å²) >= 11 is 0. The van der Waals surface area contributed by atoms with E-state index in [2.05, 4.69) is 10.2 Å². The van der Waals surface area contributed by atoms with Gasteiger partial charge in [0.05, 0.1) is 13.3 Å². The van der Waals surface area contributed by atoms with Crippen molar-refractivity contribution < 1.29 is 14.6 Å². The molecule has 2 rings (SSSR count). The summed E-state index contributed by atoms with van der Waals surface area (Å²) in [7, 11) is 1.47. The third-order valence-corrected chi connectivity index (χ3v) is 2.47. The van der Waals surface area contributed by atoms with Gasteiger partial charge in [0.15, 0.2) is 0 Å². The lowest BCUT2D eigenvalue weighted by Gasteiger charge is -2.09. The molecule has 0 radical (unpaired) electrons. The van der Waals surface area contributed by atoms with Crippen molar-refractivity contribution in [3.63, 3.8) is 0 Å². The van der Waals surface area contributed by atoms with Crippen molar-refractivity contribution in [2.24, 2.45) is 0 Å². The number of carbonyl (C=O) groups is 1. The number of hydrogen-bond acceptors (Lipinski definition) is 4. The maximum atomic E-state index is 11.5. The molecule has 0 atom stereocenters. The van der Waals surface area contributed by atoms with Crippen LogP contribution in [-0.4, -0.2) is 28.4 Å². The number of hydrogen-bond donors (Lipinski definition) is 2. The van der Waals surface area contributed by atoms with Crippen LogP contribution < -0.4 is 10.3 Å². The van der Waals surface area contributed by atoms with Crippen molar-refractivity contribution >= 4 is 5.97 Å². The molecule has 2 aromatic rings. The molecule has 0 bridgehead atoms. The van der Waals surface area contributed by atoms with E-state index in [-0.39, 0.29) is 11.1 Å². The fraction of sp³-hybridized carbons (Fsp3) is 0.0833. The van der Waals surface area contributed by atoms with E-state index in [1.54, 1.807) is 24.3 Å². The minimum Gasteiger partial charge on any atom is -0.496 e. The van der Waals surface area contributed by atoms with Crippen LogP contribution in [0, 0.1) is 0 Å². The number of H-pyrrole nitrogens is 1. The highest BCUT2D eigenvalue weighted by Crippen LogP contribution is 2.30. The summed E-state index contributed by atoms with van der Waals surface area (Å²) in [6, 6.07) is 6.83. The van der Waals surface area contributed by atoms with E-state index in [9.17, 15) is 9.59 Å². The van der Waals surface area contributed by atoms with E-state index in [4.69, 9.17) is 9.84 Å². The number of nitrogens with zero attached hydrogens (tertiary/aromatic N) is 1. The average Bonchev–Trinajstić information content (AvgIpc) is 2.38. The molecular weight excluding hydrogens is 236 g/mol. The van der Waals surface area contributed by atoms with E-state index < -0.39 is 11.5 Å². The number of aromatic amines is 1. The van der Waals surface area contributed by atoms with Crippen LogP contribution in [0.4, 0.5) is 0 Å². The van der Waals surface area contributed by atoms with Crippen molar-refractivity contribution in [1.29, 1.82) is 0 Å². The predicted molar refractivity (Wildman–Crippen MR) is 63.8 cm³/mol. The van der Waals surface area contributed by atoms with Gasteiger partial charge in [-0.05, 0) is 6.07 Å². The number of carboxylic acids is 1. The molecule has 1 aromatic heterocycles. The largest absolute Gasteiger partial charge is 0.496 e. The minimum atomic E-state index is -1.31. The van der Waals surface area contributed by atoms with Gasteiger partial charge in [0.2, 0.25) is 0 Å². The zero-order valence-corrected chi connectivity index (χ0v) is 9.51. The number of rotatable bonds is 3. The van der Waals surface area contributed by atoms with Crippen molar-refractivity contribution in [2.75, 3.05) is 7.11 Å². The summed E-state index contributed by atoms with van der Waals surface area (Å²) < 4.78 is 5.14. The van der Waals surface area contributed by atoms with Crippen LogP contribution in [-0.2, 0) is 0 Å². The van der Waals surface area contributed by atoms with Crippen molar-refractivity contribution in [2.45, 2.75) is 0 Å². The Balaban J connectivity index is 2.75. The van der Waals surface area contributed by atoms with E-state index >= 15 is 0 Å². The van der Waals surface area contributed by atoms with Gasteiger partial charge in [0.1, 0.15) is 11.3 Å². The molecule has 0 spiro atoms. The molecule has 1 heterocycles. The number of nitrogens with one attached hydrogen (secondary N) is 1. The topological polar surface area (TPSA) is 92.3 Å². The maximum absolute atomic E-state index is 11.5. The number of benzene rings is 1. The summed E-state index contributed by atoms with van der Waals surface area (Å²) in [5.41, 5.74) is -0.361. The number of carboxylic acid groups (broad SMARTS) is 1. The van der Waals surface area contributed by atoms with Crippen LogP contribution in [0.2, 0.25) is 0 Å². The molecule has 6 heteroatoms. The summed E-state index contributed by atoms with van der Waals surface area (Å²) in [4.78, 5) is 22.6. The summed E-state index contributed by atoms with van der Waals surface area (Å²) in [6.07, 6.45) is 1.29. The molecule has 1 aromatic carbocycles. The van der Waals surface area contributed by atoms with Gasteiger partial charge in [-0.2, -0.15) is 5.10 Å². The standard InChI is InChI=1S/C12H10N2O4/c1-18-9-5-3-2-4-7(9)8-6-13-14-11(15)10(8)12(16)17/h2-6H,1H3,(H,14,15)(H,16,17). The fourth-order valence-corrected chi connectivity index (χ4v) is 1.68. The molecule has 0 aliphatic carbocycles. The third kappa shape index (κ3) is 1.95. The Morgan fingerprint density at radius 2 is 2.06 bits per heavy atom. The van der Waals surface area contributed by atoms with E-state index in [0.29, 0.717) is 11.3 Å².